The highest BCUT2D eigenvalue weighted by molar-refractivity contribution is 8.00. The van der Waals surface area contributed by atoms with Crippen LogP contribution in [-0.4, -0.2) is 26.3 Å². The molecule has 0 aliphatic rings. The number of nitrogens with zero attached hydrogens (tertiary/aromatic N) is 1. The van der Waals surface area contributed by atoms with E-state index in [1.165, 1.54) is 6.26 Å². The number of hydrogen-bond donors (Lipinski definition) is 3. The van der Waals surface area contributed by atoms with Gasteiger partial charge in [-0.1, -0.05) is 18.7 Å². The minimum absolute atomic E-state index is 0.0506. The number of aromatic amines is 2. The third-order valence-corrected chi connectivity index (χ3v) is 3.95. The molecule has 3 N–H and O–H groups in total. The van der Waals surface area contributed by atoms with Crippen LogP contribution in [0.15, 0.2) is 37.4 Å². The highest BCUT2D eigenvalue weighted by Crippen LogP contribution is 2.20. The molecule has 2 rings (SSSR count). The molecular formula is C12H14N4O4S. The van der Waals surface area contributed by atoms with Gasteiger partial charge >= 0.3 is 5.69 Å². The molecule has 8 nitrogen and oxygen atoms in total. The maximum absolute atomic E-state index is 12.1. The highest BCUT2D eigenvalue weighted by Gasteiger charge is 2.20. The minimum atomic E-state index is -0.681. The summed E-state index contributed by atoms with van der Waals surface area (Å²) in [5.74, 6) is 0.412. The van der Waals surface area contributed by atoms with E-state index >= 15 is 0 Å². The quantitative estimate of drug-likeness (QED) is 0.657. The van der Waals surface area contributed by atoms with Gasteiger partial charge in [-0.2, -0.15) is 5.10 Å². The fraction of sp³-hybridized carbons (Fsp3) is 0.333. The number of aromatic nitrogens is 3. The van der Waals surface area contributed by atoms with Gasteiger partial charge in [0.25, 0.3) is 5.56 Å². The smallest absolute Gasteiger partial charge is 0.342 e. The summed E-state index contributed by atoms with van der Waals surface area (Å²) in [5.41, 5.74) is -1.29. The molecule has 0 saturated carbocycles. The molecule has 112 valence electrons. The van der Waals surface area contributed by atoms with Crippen LogP contribution in [0.25, 0.3) is 0 Å². The van der Waals surface area contributed by atoms with Crippen molar-refractivity contribution in [3.8, 4) is 0 Å². The molecule has 0 aromatic carbocycles. The Morgan fingerprint density at radius 2 is 2.33 bits per heavy atom. The van der Waals surface area contributed by atoms with E-state index in [0.717, 1.165) is 11.8 Å². The average molecular weight is 310 g/mol. The van der Waals surface area contributed by atoms with Gasteiger partial charge in [-0.05, 0) is 18.6 Å². The van der Waals surface area contributed by atoms with Gasteiger partial charge in [0.05, 0.1) is 18.1 Å². The average Bonchev–Trinajstić information content (AvgIpc) is 2.97. The normalized spacial score (nSPS) is 12.0. The third kappa shape index (κ3) is 4.09. The number of nitrogens with one attached hydrogen (secondary N) is 3. The molecule has 2 heterocycles. The van der Waals surface area contributed by atoms with E-state index in [0.29, 0.717) is 12.2 Å². The Morgan fingerprint density at radius 3 is 2.95 bits per heavy atom. The van der Waals surface area contributed by atoms with Crippen molar-refractivity contribution in [2.75, 3.05) is 0 Å². The first kappa shape index (κ1) is 15.1. The number of thioether (sulfide) groups is 1. The molecule has 0 bridgehead atoms. The summed E-state index contributed by atoms with van der Waals surface area (Å²) >= 11 is 1.00. The van der Waals surface area contributed by atoms with E-state index in [1.807, 2.05) is 6.92 Å². The number of rotatable bonds is 6. The first-order valence-corrected chi connectivity index (χ1v) is 7.14. The van der Waals surface area contributed by atoms with Crippen LogP contribution in [0, 0.1) is 0 Å². The molecule has 1 atom stereocenters. The number of carbonyl (C=O) groups is 1. The van der Waals surface area contributed by atoms with Crippen molar-refractivity contribution in [2.45, 2.75) is 30.2 Å². The second-order valence-electron chi connectivity index (χ2n) is 4.12. The van der Waals surface area contributed by atoms with E-state index in [4.69, 9.17) is 4.42 Å². The van der Waals surface area contributed by atoms with Crippen molar-refractivity contribution in [3.05, 3.63) is 45.0 Å². The fourth-order valence-electron chi connectivity index (χ4n) is 1.57. The Kier molecular flexibility index (Phi) is 4.99. The van der Waals surface area contributed by atoms with Crippen LogP contribution in [0.3, 0.4) is 0 Å². The van der Waals surface area contributed by atoms with Crippen LogP contribution in [0.4, 0.5) is 0 Å². The lowest BCUT2D eigenvalue weighted by Gasteiger charge is -2.12. The topological polar surface area (TPSA) is 121 Å². The van der Waals surface area contributed by atoms with Crippen LogP contribution in [0.5, 0.6) is 0 Å². The van der Waals surface area contributed by atoms with E-state index in [2.05, 4.69) is 20.5 Å². The minimum Gasteiger partial charge on any atom is -0.467 e. The number of amides is 1. The van der Waals surface area contributed by atoms with Gasteiger partial charge in [0, 0.05) is 0 Å². The van der Waals surface area contributed by atoms with Gasteiger partial charge in [0.1, 0.15) is 5.76 Å². The Balaban J connectivity index is 2.00. The van der Waals surface area contributed by atoms with Gasteiger partial charge in [0.15, 0.2) is 5.03 Å². The highest BCUT2D eigenvalue weighted by atomic mass is 32.2. The summed E-state index contributed by atoms with van der Waals surface area (Å²) in [5, 5.41) is 8.06. The van der Waals surface area contributed by atoms with Gasteiger partial charge in [-0.15, -0.1) is 0 Å². The molecule has 0 spiro atoms. The van der Waals surface area contributed by atoms with Crippen molar-refractivity contribution >= 4 is 17.7 Å². The van der Waals surface area contributed by atoms with Gasteiger partial charge in [-0.25, -0.2) is 9.89 Å². The molecule has 1 unspecified atom stereocenters. The van der Waals surface area contributed by atoms with Crippen LogP contribution in [-0.2, 0) is 11.3 Å². The third-order valence-electron chi connectivity index (χ3n) is 2.61. The summed E-state index contributed by atoms with van der Waals surface area (Å²) in [6.45, 7) is 2.10. The standard InChI is InChI=1S/C12H14N4O4S/c1-2-8(9(17)13-6-7-4-3-5-20-7)21-11-10(18)14-12(19)16-15-11/h3-5,8H,2,6H2,1H3,(H,13,17)(H2,14,16,18,19). The maximum Gasteiger partial charge on any atom is 0.342 e. The molecule has 2 aromatic heterocycles. The van der Waals surface area contributed by atoms with E-state index in [9.17, 15) is 14.4 Å². The summed E-state index contributed by atoms with van der Waals surface area (Å²) < 4.78 is 5.12. The zero-order chi connectivity index (χ0) is 15.2. The van der Waals surface area contributed by atoms with Crippen LogP contribution >= 0.6 is 11.8 Å². The second kappa shape index (κ2) is 6.93. The van der Waals surface area contributed by atoms with Crippen LogP contribution in [0.1, 0.15) is 19.1 Å². The Bertz CT molecular complexity index is 707. The number of H-pyrrole nitrogens is 2. The van der Waals surface area contributed by atoms with Crippen molar-refractivity contribution in [1.82, 2.24) is 20.5 Å². The molecular weight excluding hydrogens is 296 g/mol. The second-order valence-corrected chi connectivity index (χ2v) is 5.32. The SMILES string of the molecule is CCC(Sc1n[nH]c(=O)[nH]c1=O)C(=O)NCc1ccco1. The molecule has 9 heteroatoms. The van der Waals surface area contributed by atoms with Crippen molar-refractivity contribution in [1.29, 1.82) is 0 Å². The van der Waals surface area contributed by atoms with Crippen LogP contribution < -0.4 is 16.6 Å². The maximum atomic E-state index is 12.1. The molecule has 1 amide bonds. The van der Waals surface area contributed by atoms with Crippen molar-refractivity contribution < 1.29 is 9.21 Å². The summed E-state index contributed by atoms with van der Waals surface area (Å²) in [6, 6.07) is 3.49. The van der Waals surface area contributed by atoms with Gasteiger partial charge in [0.2, 0.25) is 5.91 Å². The Labute approximate surface area is 123 Å². The zero-order valence-electron chi connectivity index (χ0n) is 11.2. The van der Waals surface area contributed by atoms with E-state index in [1.54, 1.807) is 12.1 Å². The lowest BCUT2D eigenvalue weighted by atomic mass is 10.3. The van der Waals surface area contributed by atoms with E-state index < -0.39 is 16.5 Å². The van der Waals surface area contributed by atoms with Crippen LogP contribution in [0.2, 0.25) is 0 Å². The number of furan rings is 1. The molecule has 2 aromatic rings. The summed E-state index contributed by atoms with van der Waals surface area (Å²) in [6.07, 6.45) is 2.03. The molecule has 0 saturated heterocycles. The van der Waals surface area contributed by atoms with E-state index in [-0.39, 0.29) is 17.5 Å². The largest absolute Gasteiger partial charge is 0.467 e. The number of hydrogen-bond acceptors (Lipinski definition) is 6. The van der Waals surface area contributed by atoms with Gasteiger partial charge < -0.3 is 9.73 Å². The van der Waals surface area contributed by atoms with Crippen molar-refractivity contribution in [2.24, 2.45) is 0 Å². The van der Waals surface area contributed by atoms with Gasteiger partial charge in [-0.3, -0.25) is 14.6 Å². The molecule has 0 radical (unpaired) electrons. The lowest BCUT2D eigenvalue weighted by Crippen LogP contribution is -2.33. The Morgan fingerprint density at radius 1 is 1.52 bits per heavy atom. The first-order chi connectivity index (χ1) is 10.1. The predicted octanol–water partition coefficient (Wildman–Crippen LogP) is 0.238. The summed E-state index contributed by atoms with van der Waals surface area (Å²) in [4.78, 5) is 36.6. The van der Waals surface area contributed by atoms with Crippen molar-refractivity contribution in [3.63, 3.8) is 0 Å². The molecule has 0 aliphatic carbocycles. The predicted molar refractivity (Wildman–Crippen MR) is 76.0 cm³/mol. The monoisotopic (exact) mass is 310 g/mol. The fourth-order valence-corrected chi connectivity index (χ4v) is 2.46. The zero-order valence-corrected chi connectivity index (χ0v) is 12.0. The Hall–Kier alpha value is -2.29. The first-order valence-electron chi connectivity index (χ1n) is 6.26. The summed E-state index contributed by atoms with van der Waals surface area (Å²) in [7, 11) is 0. The lowest BCUT2D eigenvalue weighted by molar-refractivity contribution is -0.120. The molecule has 21 heavy (non-hydrogen) atoms. The molecule has 0 aliphatic heterocycles. The number of carbonyl (C=O) groups excluding carboxylic acids is 1. The molecule has 0 fully saturated rings.